The molecule has 0 spiro atoms. The normalized spacial score (nSPS) is 11.4. The van der Waals surface area contributed by atoms with Crippen molar-refractivity contribution in [1.29, 1.82) is 0 Å². The average molecular weight is 361 g/mol. The van der Waals surface area contributed by atoms with Gasteiger partial charge in [0.05, 0.1) is 32.6 Å². The van der Waals surface area contributed by atoms with Crippen LogP contribution in [0.25, 0.3) is 27.7 Å². The summed E-state index contributed by atoms with van der Waals surface area (Å²) in [5.41, 5.74) is 3.84. The van der Waals surface area contributed by atoms with Crippen LogP contribution in [0.3, 0.4) is 0 Å². The number of anilines is 2. The first-order valence-corrected chi connectivity index (χ1v) is 8.53. The second kappa shape index (κ2) is 5.61. The van der Waals surface area contributed by atoms with E-state index < -0.39 is 0 Å². The third-order valence-corrected chi connectivity index (χ3v) is 4.74. The van der Waals surface area contributed by atoms with Crippen molar-refractivity contribution >= 4 is 50.7 Å². The summed E-state index contributed by atoms with van der Waals surface area (Å²) in [5.74, 6) is 0.526. The number of aromatic amines is 1. The van der Waals surface area contributed by atoms with Crippen LogP contribution in [0.15, 0.2) is 71.5 Å². The first-order chi connectivity index (χ1) is 12.7. The molecule has 26 heavy (non-hydrogen) atoms. The van der Waals surface area contributed by atoms with E-state index in [0.29, 0.717) is 21.7 Å². The number of nitrogens with zero attached hydrogens (tertiary/aromatic N) is 2. The Morgan fingerprint density at radius 3 is 2.69 bits per heavy atom. The number of hydrogen-bond donors (Lipinski definition) is 2. The van der Waals surface area contributed by atoms with Crippen molar-refractivity contribution in [2.45, 2.75) is 0 Å². The van der Waals surface area contributed by atoms with Crippen LogP contribution in [-0.4, -0.2) is 14.4 Å². The van der Waals surface area contributed by atoms with E-state index in [0.717, 1.165) is 22.4 Å². The predicted molar refractivity (Wildman–Crippen MR) is 106 cm³/mol. The maximum atomic E-state index is 12.9. The molecule has 3 aromatic carbocycles. The Morgan fingerprint density at radius 2 is 1.81 bits per heavy atom. The third-order valence-electron chi connectivity index (χ3n) is 4.41. The smallest absolute Gasteiger partial charge is 0.267 e. The first-order valence-electron chi connectivity index (χ1n) is 8.15. The molecule has 0 radical (unpaired) electrons. The number of H-pyrrole nitrogens is 1. The monoisotopic (exact) mass is 360 g/mol. The van der Waals surface area contributed by atoms with Gasteiger partial charge < -0.3 is 10.3 Å². The van der Waals surface area contributed by atoms with Gasteiger partial charge in [-0.2, -0.15) is 0 Å². The molecule has 0 atom stereocenters. The number of fused-ring (bicyclic) bond motifs is 4. The van der Waals surface area contributed by atoms with Gasteiger partial charge in [-0.1, -0.05) is 35.9 Å². The fourth-order valence-electron chi connectivity index (χ4n) is 3.18. The van der Waals surface area contributed by atoms with Crippen molar-refractivity contribution in [3.05, 3.63) is 82.1 Å². The largest absolute Gasteiger partial charge is 0.354 e. The van der Waals surface area contributed by atoms with Gasteiger partial charge in [0.1, 0.15) is 0 Å². The quantitative estimate of drug-likeness (QED) is 0.478. The minimum atomic E-state index is -0.0910. The van der Waals surface area contributed by atoms with Gasteiger partial charge in [-0.3, -0.25) is 4.79 Å². The second-order valence-corrected chi connectivity index (χ2v) is 6.46. The molecule has 0 aliphatic heterocycles. The zero-order valence-electron chi connectivity index (χ0n) is 13.5. The van der Waals surface area contributed by atoms with Gasteiger partial charge >= 0.3 is 0 Å². The number of hydrogen-bond acceptors (Lipinski definition) is 3. The van der Waals surface area contributed by atoms with E-state index in [4.69, 9.17) is 11.6 Å². The molecule has 0 amide bonds. The van der Waals surface area contributed by atoms with E-state index in [1.165, 1.54) is 0 Å². The fourth-order valence-corrected chi connectivity index (χ4v) is 3.36. The van der Waals surface area contributed by atoms with Crippen LogP contribution in [0.4, 0.5) is 11.4 Å². The molecule has 126 valence electrons. The first kappa shape index (κ1) is 15.0. The summed E-state index contributed by atoms with van der Waals surface area (Å²) >= 11 is 6.22. The average Bonchev–Trinajstić information content (AvgIpc) is 3.02. The number of halogens is 1. The van der Waals surface area contributed by atoms with Crippen LogP contribution in [0.2, 0.25) is 5.02 Å². The molecule has 0 fully saturated rings. The summed E-state index contributed by atoms with van der Waals surface area (Å²) in [6.45, 7) is 0. The second-order valence-electron chi connectivity index (χ2n) is 6.05. The summed E-state index contributed by atoms with van der Waals surface area (Å²) in [4.78, 5) is 20.7. The Morgan fingerprint density at radius 1 is 1.00 bits per heavy atom. The molecule has 2 N–H and O–H groups in total. The minimum Gasteiger partial charge on any atom is -0.354 e. The highest BCUT2D eigenvalue weighted by molar-refractivity contribution is 6.33. The molecule has 5 rings (SSSR count). The van der Waals surface area contributed by atoms with Crippen molar-refractivity contribution in [3.8, 4) is 0 Å². The van der Waals surface area contributed by atoms with Crippen molar-refractivity contribution in [2.75, 3.05) is 5.32 Å². The molecule has 0 unspecified atom stereocenters. The SMILES string of the molecule is O=c1c2ccccc2nc2[nH]c3ccc(Nc4ccccc4Cl)cc3n12. The molecular weight excluding hydrogens is 348 g/mol. The molecule has 5 nitrogen and oxygen atoms in total. The van der Waals surface area contributed by atoms with Crippen LogP contribution in [0.5, 0.6) is 0 Å². The van der Waals surface area contributed by atoms with Crippen LogP contribution >= 0.6 is 11.6 Å². The summed E-state index contributed by atoms with van der Waals surface area (Å²) in [6, 6.07) is 20.7. The number of imidazole rings is 1. The van der Waals surface area contributed by atoms with E-state index in [1.807, 2.05) is 60.7 Å². The highest BCUT2D eigenvalue weighted by Gasteiger charge is 2.11. The number of aromatic nitrogens is 3. The summed E-state index contributed by atoms with van der Waals surface area (Å²) in [7, 11) is 0. The van der Waals surface area contributed by atoms with Crippen LogP contribution < -0.4 is 10.9 Å². The number of rotatable bonds is 2. The van der Waals surface area contributed by atoms with Gasteiger partial charge in [-0.25, -0.2) is 9.38 Å². The van der Waals surface area contributed by atoms with E-state index in [2.05, 4.69) is 15.3 Å². The Labute approximate surface area is 152 Å². The third kappa shape index (κ3) is 2.25. The molecule has 0 saturated carbocycles. The molecule has 0 aliphatic rings. The minimum absolute atomic E-state index is 0.0910. The zero-order chi connectivity index (χ0) is 17.7. The highest BCUT2D eigenvalue weighted by Crippen LogP contribution is 2.27. The maximum absolute atomic E-state index is 12.9. The topological polar surface area (TPSA) is 62.2 Å². The lowest BCUT2D eigenvalue weighted by Crippen LogP contribution is -2.13. The Kier molecular flexibility index (Phi) is 3.23. The van der Waals surface area contributed by atoms with Crippen molar-refractivity contribution < 1.29 is 0 Å². The van der Waals surface area contributed by atoms with Gasteiger partial charge in [0.15, 0.2) is 0 Å². The molecular formula is C20H13ClN4O. The van der Waals surface area contributed by atoms with Crippen molar-refractivity contribution in [2.24, 2.45) is 0 Å². The Bertz CT molecular complexity index is 1350. The van der Waals surface area contributed by atoms with Gasteiger partial charge in [-0.05, 0) is 42.5 Å². The lowest BCUT2D eigenvalue weighted by atomic mass is 10.2. The van der Waals surface area contributed by atoms with Crippen LogP contribution in [-0.2, 0) is 0 Å². The molecule has 0 bridgehead atoms. The van der Waals surface area contributed by atoms with Gasteiger partial charge in [-0.15, -0.1) is 0 Å². The summed E-state index contributed by atoms with van der Waals surface area (Å²) in [6.07, 6.45) is 0. The fraction of sp³-hybridized carbons (Fsp3) is 0. The number of para-hydroxylation sites is 2. The molecule has 2 heterocycles. The van der Waals surface area contributed by atoms with Crippen LogP contribution in [0, 0.1) is 0 Å². The zero-order valence-corrected chi connectivity index (χ0v) is 14.3. The van der Waals surface area contributed by atoms with Gasteiger partial charge in [0.2, 0.25) is 5.78 Å². The predicted octanol–water partition coefficient (Wildman–Crippen LogP) is 4.73. The summed E-state index contributed by atoms with van der Waals surface area (Å²) < 4.78 is 1.61. The van der Waals surface area contributed by atoms with E-state index in [1.54, 1.807) is 10.5 Å². The Balaban J connectivity index is 1.75. The van der Waals surface area contributed by atoms with E-state index in [9.17, 15) is 4.79 Å². The van der Waals surface area contributed by atoms with E-state index in [-0.39, 0.29) is 5.56 Å². The number of nitrogens with one attached hydrogen (secondary N) is 2. The van der Waals surface area contributed by atoms with E-state index >= 15 is 0 Å². The Hall–Kier alpha value is -3.31. The molecule has 5 aromatic rings. The van der Waals surface area contributed by atoms with Crippen molar-refractivity contribution in [3.63, 3.8) is 0 Å². The lowest BCUT2D eigenvalue weighted by Gasteiger charge is -2.08. The highest BCUT2D eigenvalue weighted by atomic mass is 35.5. The molecule has 0 aliphatic carbocycles. The van der Waals surface area contributed by atoms with Gasteiger partial charge in [0, 0.05) is 5.69 Å². The lowest BCUT2D eigenvalue weighted by molar-refractivity contribution is 1.12. The molecule has 0 saturated heterocycles. The van der Waals surface area contributed by atoms with Crippen LogP contribution in [0.1, 0.15) is 0 Å². The van der Waals surface area contributed by atoms with Crippen molar-refractivity contribution in [1.82, 2.24) is 14.4 Å². The maximum Gasteiger partial charge on any atom is 0.267 e. The standard InChI is InChI=1S/C20H13ClN4O/c21-14-6-2-4-8-16(14)22-12-9-10-17-18(11-12)25-19(26)13-5-1-3-7-15(13)23-20(25)24-17/h1-11,22H,(H,23,24). The summed E-state index contributed by atoms with van der Waals surface area (Å²) in [5, 5.41) is 4.52. The molecule has 6 heteroatoms. The van der Waals surface area contributed by atoms with Gasteiger partial charge in [0.25, 0.3) is 5.56 Å². The number of benzene rings is 3. The molecule has 2 aromatic heterocycles.